The Bertz CT molecular complexity index is 511. The van der Waals surface area contributed by atoms with Crippen molar-refractivity contribution in [1.29, 1.82) is 0 Å². The third kappa shape index (κ3) is 3.34. The van der Waals surface area contributed by atoms with Crippen LogP contribution in [0.2, 0.25) is 0 Å². The van der Waals surface area contributed by atoms with E-state index in [0.29, 0.717) is 15.8 Å². The molecule has 3 nitrogen and oxygen atoms in total. The van der Waals surface area contributed by atoms with Crippen LogP contribution >= 0.6 is 24.0 Å². The van der Waals surface area contributed by atoms with Gasteiger partial charge in [0, 0.05) is 0 Å². The number of rotatable bonds is 4. The third-order valence-electron chi connectivity index (χ3n) is 2.27. The van der Waals surface area contributed by atoms with Gasteiger partial charge in [-0.15, -0.1) is 0 Å². The topological polar surface area (TPSA) is 38.3 Å². The van der Waals surface area contributed by atoms with Gasteiger partial charge in [0.15, 0.2) is 0 Å². The summed E-state index contributed by atoms with van der Waals surface area (Å²) in [6.45, 7) is 2.76. The van der Waals surface area contributed by atoms with E-state index in [1.165, 1.54) is 11.8 Å². The third-order valence-corrected chi connectivity index (χ3v) is 3.43. The maximum atomic E-state index is 11.5. The molecule has 0 saturated carbocycles. The molecule has 5 heteroatoms. The fourth-order valence-corrected chi connectivity index (χ4v) is 2.53. The fraction of sp³-hybridized carbons (Fsp3) is 0.231. The second kappa shape index (κ2) is 6.02. The Kier molecular flexibility index (Phi) is 4.38. The summed E-state index contributed by atoms with van der Waals surface area (Å²) in [5.41, 5.74) is 0.936. The Labute approximate surface area is 116 Å². The zero-order valence-corrected chi connectivity index (χ0v) is 11.6. The normalized spacial score (nSPS) is 17.1. The van der Waals surface area contributed by atoms with Crippen LogP contribution < -0.4 is 10.1 Å². The molecule has 1 aliphatic rings. The van der Waals surface area contributed by atoms with E-state index in [-0.39, 0.29) is 5.91 Å². The second-order valence-corrected chi connectivity index (χ2v) is 5.49. The molecule has 94 valence electrons. The average Bonchev–Trinajstić information content (AvgIpc) is 2.66. The molecule has 1 saturated heterocycles. The van der Waals surface area contributed by atoms with E-state index >= 15 is 0 Å². The van der Waals surface area contributed by atoms with Gasteiger partial charge < -0.3 is 10.1 Å². The number of carbonyl (C=O) groups excluding carboxylic acids is 1. The molecule has 1 aromatic carbocycles. The van der Waals surface area contributed by atoms with Crippen molar-refractivity contribution in [2.75, 3.05) is 6.61 Å². The molecule has 1 aromatic rings. The monoisotopic (exact) mass is 279 g/mol. The van der Waals surface area contributed by atoms with E-state index < -0.39 is 0 Å². The SMILES string of the molecule is CCCOc1cccc(/C=C2/SC(=S)NC2=O)c1. The Hall–Kier alpha value is -1.33. The molecule has 0 unspecified atom stereocenters. The van der Waals surface area contributed by atoms with Crippen molar-refractivity contribution in [3.8, 4) is 5.75 Å². The van der Waals surface area contributed by atoms with Crippen molar-refractivity contribution >= 4 is 40.3 Å². The molecule has 18 heavy (non-hydrogen) atoms. The van der Waals surface area contributed by atoms with Crippen molar-refractivity contribution in [2.45, 2.75) is 13.3 Å². The average molecular weight is 279 g/mol. The molecule has 0 atom stereocenters. The summed E-state index contributed by atoms with van der Waals surface area (Å²) >= 11 is 6.22. The summed E-state index contributed by atoms with van der Waals surface area (Å²) < 4.78 is 6.05. The maximum absolute atomic E-state index is 11.5. The number of nitrogens with one attached hydrogen (secondary N) is 1. The highest BCUT2D eigenvalue weighted by molar-refractivity contribution is 8.26. The van der Waals surface area contributed by atoms with Crippen LogP contribution in [0, 0.1) is 0 Å². The minimum atomic E-state index is -0.134. The van der Waals surface area contributed by atoms with Crippen LogP contribution in [0.15, 0.2) is 29.2 Å². The van der Waals surface area contributed by atoms with Crippen LogP contribution in [-0.2, 0) is 4.79 Å². The molecular formula is C13H13NO2S2. The summed E-state index contributed by atoms with van der Waals surface area (Å²) in [5.74, 6) is 0.682. The van der Waals surface area contributed by atoms with Crippen molar-refractivity contribution in [2.24, 2.45) is 0 Å². The molecule has 1 amide bonds. The first-order valence-electron chi connectivity index (χ1n) is 5.67. The largest absolute Gasteiger partial charge is 0.494 e. The molecule has 0 radical (unpaired) electrons. The summed E-state index contributed by atoms with van der Waals surface area (Å²) in [6.07, 6.45) is 2.79. The van der Waals surface area contributed by atoms with Gasteiger partial charge in [-0.1, -0.05) is 43.0 Å². The highest BCUT2D eigenvalue weighted by Crippen LogP contribution is 2.26. The smallest absolute Gasteiger partial charge is 0.263 e. The van der Waals surface area contributed by atoms with E-state index in [2.05, 4.69) is 12.2 Å². The Morgan fingerprint density at radius 2 is 2.33 bits per heavy atom. The van der Waals surface area contributed by atoms with Gasteiger partial charge in [0.05, 0.1) is 11.5 Å². The molecule has 1 N–H and O–H groups in total. The van der Waals surface area contributed by atoms with Gasteiger partial charge in [0.25, 0.3) is 5.91 Å². The molecule has 1 aliphatic heterocycles. The van der Waals surface area contributed by atoms with E-state index in [0.717, 1.165) is 17.7 Å². The van der Waals surface area contributed by atoms with Gasteiger partial charge >= 0.3 is 0 Å². The Balaban J connectivity index is 2.16. The van der Waals surface area contributed by atoms with Crippen molar-refractivity contribution in [3.63, 3.8) is 0 Å². The minimum absolute atomic E-state index is 0.134. The number of amides is 1. The molecule has 1 fully saturated rings. The number of benzene rings is 1. The first-order chi connectivity index (χ1) is 8.69. The van der Waals surface area contributed by atoms with Gasteiger partial charge in [-0.2, -0.15) is 0 Å². The van der Waals surface area contributed by atoms with E-state index in [9.17, 15) is 4.79 Å². The molecule has 0 aromatic heterocycles. The lowest BCUT2D eigenvalue weighted by Crippen LogP contribution is -2.17. The van der Waals surface area contributed by atoms with Crippen LogP contribution in [0.4, 0.5) is 0 Å². The number of hydrogen-bond acceptors (Lipinski definition) is 4. The Morgan fingerprint density at radius 3 is 3.00 bits per heavy atom. The van der Waals surface area contributed by atoms with Crippen LogP contribution in [-0.4, -0.2) is 16.8 Å². The van der Waals surface area contributed by atoms with Crippen LogP contribution in [0.3, 0.4) is 0 Å². The van der Waals surface area contributed by atoms with E-state index in [1.54, 1.807) is 0 Å². The standard InChI is InChI=1S/C13H13NO2S2/c1-2-6-16-10-5-3-4-9(7-10)8-11-12(15)14-13(17)18-11/h3-5,7-8H,2,6H2,1H3,(H,14,15,17)/b11-8+. The van der Waals surface area contributed by atoms with Gasteiger partial charge in [0.1, 0.15) is 10.1 Å². The number of ether oxygens (including phenoxy) is 1. The van der Waals surface area contributed by atoms with Gasteiger partial charge in [0.2, 0.25) is 0 Å². The highest BCUT2D eigenvalue weighted by atomic mass is 32.2. The van der Waals surface area contributed by atoms with Gasteiger partial charge in [-0.05, 0) is 30.2 Å². The summed E-state index contributed by atoms with van der Waals surface area (Å²) in [5, 5.41) is 2.59. The predicted octanol–water partition coefficient (Wildman–Crippen LogP) is 2.96. The fourth-order valence-electron chi connectivity index (χ4n) is 1.49. The first kappa shape index (κ1) is 13.1. The Morgan fingerprint density at radius 1 is 1.50 bits per heavy atom. The quantitative estimate of drug-likeness (QED) is 0.679. The second-order valence-electron chi connectivity index (χ2n) is 3.77. The van der Waals surface area contributed by atoms with Crippen LogP contribution in [0.1, 0.15) is 18.9 Å². The van der Waals surface area contributed by atoms with Crippen LogP contribution in [0.25, 0.3) is 6.08 Å². The van der Waals surface area contributed by atoms with Crippen LogP contribution in [0.5, 0.6) is 5.75 Å². The summed E-state index contributed by atoms with van der Waals surface area (Å²) in [4.78, 5) is 12.1. The van der Waals surface area contributed by atoms with E-state index in [1.807, 2.05) is 30.3 Å². The lowest BCUT2D eigenvalue weighted by Gasteiger charge is -2.04. The van der Waals surface area contributed by atoms with Gasteiger partial charge in [-0.3, -0.25) is 4.79 Å². The number of carbonyl (C=O) groups is 1. The van der Waals surface area contributed by atoms with Crippen molar-refractivity contribution in [1.82, 2.24) is 5.32 Å². The highest BCUT2D eigenvalue weighted by Gasteiger charge is 2.21. The summed E-state index contributed by atoms with van der Waals surface area (Å²) in [7, 11) is 0. The molecule has 1 heterocycles. The number of thiocarbonyl (C=S) groups is 1. The molecule has 0 spiro atoms. The first-order valence-corrected chi connectivity index (χ1v) is 6.89. The molecule has 0 aliphatic carbocycles. The van der Waals surface area contributed by atoms with E-state index in [4.69, 9.17) is 17.0 Å². The lowest BCUT2D eigenvalue weighted by atomic mass is 10.2. The lowest BCUT2D eigenvalue weighted by molar-refractivity contribution is -0.115. The number of thioether (sulfide) groups is 1. The summed E-state index contributed by atoms with van der Waals surface area (Å²) in [6, 6.07) is 7.66. The maximum Gasteiger partial charge on any atom is 0.263 e. The zero-order chi connectivity index (χ0) is 13.0. The number of hydrogen-bond donors (Lipinski definition) is 1. The minimum Gasteiger partial charge on any atom is -0.494 e. The van der Waals surface area contributed by atoms with Crippen molar-refractivity contribution in [3.05, 3.63) is 34.7 Å². The molecule has 0 bridgehead atoms. The molecule has 2 rings (SSSR count). The molecular weight excluding hydrogens is 266 g/mol. The van der Waals surface area contributed by atoms with Crippen molar-refractivity contribution < 1.29 is 9.53 Å². The zero-order valence-electron chi connectivity index (χ0n) is 9.93. The predicted molar refractivity (Wildman–Crippen MR) is 78.5 cm³/mol. The van der Waals surface area contributed by atoms with Gasteiger partial charge in [-0.25, -0.2) is 0 Å².